The maximum Gasteiger partial charge on any atom is 0.574 e. The molecule has 0 saturated carbocycles. The second-order valence-electron chi connectivity index (χ2n) is 2.68. The quantitative estimate of drug-likeness (QED) is 0.850. The summed E-state index contributed by atoms with van der Waals surface area (Å²) in [7, 11) is 1.30. The summed E-state index contributed by atoms with van der Waals surface area (Å²) in [5.41, 5.74) is 5.52. The molecule has 0 spiro atoms. The number of nitrogens with zero attached hydrogens (tertiary/aromatic N) is 1. The van der Waals surface area contributed by atoms with Gasteiger partial charge in [0, 0.05) is 21.7 Å². The van der Waals surface area contributed by atoms with Crippen LogP contribution in [0.5, 0.6) is 11.8 Å². The molecule has 0 aliphatic carbocycles. The number of hydrogen-bond acceptors (Lipinski definition) is 4. The normalized spacial score (nSPS) is 11.4. The number of alkyl halides is 3. The van der Waals surface area contributed by atoms with Gasteiger partial charge < -0.3 is 15.2 Å². The van der Waals surface area contributed by atoms with Crippen LogP contribution < -0.4 is 15.2 Å². The van der Waals surface area contributed by atoms with Gasteiger partial charge in [-0.15, -0.1) is 13.2 Å². The minimum atomic E-state index is -4.80. The zero-order valence-corrected chi connectivity index (χ0v) is 10.3. The minimum absolute atomic E-state index is 0.0425. The molecule has 90 valence electrons. The van der Waals surface area contributed by atoms with Crippen LogP contribution in [-0.2, 0) is 6.54 Å². The van der Waals surface area contributed by atoms with Crippen molar-refractivity contribution in [2.45, 2.75) is 12.9 Å². The Balaban J connectivity index is 3.18. The van der Waals surface area contributed by atoms with E-state index in [2.05, 4.69) is 9.72 Å². The molecule has 0 saturated heterocycles. The highest BCUT2D eigenvalue weighted by atomic mass is 127. The average molecular weight is 348 g/mol. The summed E-state index contributed by atoms with van der Waals surface area (Å²) < 4.78 is 45.3. The van der Waals surface area contributed by atoms with E-state index in [4.69, 9.17) is 10.5 Å². The van der Waals surface area contributed by atoms with Crippen molar-refractivity contribution in [3.63, 3.8) is 0 Å². The summed E-state index contributed by atoms with van der Waals surface area (Å²) in [6, 6.07) is 1.48. The highest BCUT2D eigenvalue weighted by Gasteiger charge is 2.33. The summed E-state index contributed by atoms with van der Waals surface area (Å²) in [4.78, 5) is 3.56. The van der Waals surface area contributed by atoms with Gasteiger partial charge in [0.15, 0.2) is 0 Å². The van der Waals surface area contributed by atoms with Crippen molar-refractivity contribution in [2.75, 3.05) is 7.11 Å². The van der Waals surface area contributed by atoms with Crippen LogP contribution in [0, 0.1) is 3.57 Å². The number of halogens is 4. The first-order valence-electron chi connectivity index (χ1n) is 4.06. The van der Waals surface area contributed by atoms with Crippen molar-refractivity contribution in [2.24, 2.45) is 5.73 Å². The van der Waals surface area contributed by atoms with Crippen molar-refractivity contribution in [1.82, 2.24) is 4.98 Å². The molecular weight excluding hydrogens is 340 g/mol. The van der Waals surface area contributed by atoms with Crippen molar-refractivity contribution in [3.05, 3.63) is 15.2 Å². The Morgan fingerprint density at radius 2 is 2.12 bits per heavy atom. The van der Waals surface area contributed by atoms with Gasteiger partial charge in [-0.25, -0.2) is 0 Å². The topological polar surface area (TPSA) is 57.4 Å². The first-order chi connectivity index (χ1) is 7.37. The molecule has 0 aliphatic rings. The summed E-state index contributed by atoms with van der Waals surface area (Å²) in [5.74, 6) is -0.528. The lowest BCUT2D eigenvalue weighted by atomic mass is 10.3. The molecule has 8 heteroatoms. The van der Waals surface area contributed by atoms with Gasteiger partial charge in [-0.2, -0.15) is 4.98 Å². The molecule has 0 fully saturated rings. The maximum atomic E-state index is 12.1. The van der Waals surface area contributed by atoms with Crippen molar-refractivity contribution in [1.29, 1.82) is 0 Å². The predicted molar refractivity (Wildman–Crippen MR) is 58.1 cm³/mol. The molecule has 1 rings (SSSR count). The van der Waals surface area contributed by atoms with Crippen molar-refractivity contribution in [3.8, 4) is 11.8 Å². The van der Waals surface area contributed by atoms with E-state index in [1.54, 1.807) is 0 Å². The van der Waals surface area contributed by atoms with E-state index >= 15 is 0 Å². The molecule has 0 aliphatic heterocycles. The molecule has 16 heavy (non-hydrogen) atoms. The number of rotatable bonds is 3. The smallest absolute Gasteiger partial charge is 0.481 e. The molecule has 2 N–H and O–H groups in total. The third-order valence-electron chi connectivity index (χ3n) is 1.63. The molecule has 4 nitrogen and oxygen atoms in total. The zero-order valence-electron chi connectivity index (χ0n) is 8.14. The second-order valence-corrected chi connectivity index (χ2v) is 3.84. The summed E-state index contributed by atoms with van der Waals surface area (Å²) in [6.45, 7) is -0.0965. The van der Waals surface area contributed by atoms with Crippen LogP contribution in [0.2, 0.25) is 0 Å². The summed E-state index contributed by atoms with van der Waals surface area (Å²) in [5, 5.41) is 0. The van der Waals surface area contributed by atoms with Crippen LogP contribution in [0.4, 0.5) is 13.2 Å². The number of ether oxygens (including phenoxy) is 2. The molecular formula is C8H8F3IN2O2. The molecule has 0 amide bonds. The Morgan fingerprint density at radius 3 is 2.56 bits per heavy atom. The maximum absolute atomic E-state index is 12.1. The molecule has 0 bridgehead atoms. The molecule has 0 aromatic carbocycles. The van der Waals surface area contributed by atoms with Gasteiger partial charge in [0.25, 0.3) is 0 Å². The number of hydrogen-bond donors (Lipinski definition) is 1. The second kappa shape index (κ2) is 5.04. The molecule has 1 aromatic rings. The van der Waals surface area contributed by atoms with E-state index in [-0.39, 0.29) is 18.0 Å². The first kappa shape index (κ1) is 13.3. The lowest BCUT2D eigenvalue weighted by molar-refractivity contribution is -0.276. The third-order valence-corrected chi connectivity index (χ3v) is 2.60. The van der Waals surface area contributed by atoms with Crippen LogP contribution in [0.15, 0.2) is 6.07 Å². The Morgan fingerprint density at radius 1 is 1.50 bits per heavy atom. The summed E-state index contributed by atoms with van der Waals surface area (Å²) >= 11 is 1.84. The van der Waals surface area contributed by atoms with E-state index in [0.29, 0.717) is 3.57 Å². The van der Waals surface area contributed by atoms with Gasteiger partial charge in [-0.05, 0) is 22.6 Å². The standard InChI is InChI=1S/C8H8F3IN2O2/c1-15-6-2-5(12)4(3-13)7(14-6)16-8(9,10)11/h2H,3,13H2,1H3. The number of nitrogens with two attached hydrogens (primary N) is 1. The van der Waals surface area contributed by atoms with Crippen LogP contribution in [-0.4, -0.2) is 18.5 Å². The van der Waals surface area contributed by atoms with E-state index in [1.165, 1.54) is 13.2 Å². The lowest BCUT2D eigenvalue weighted by Gasteiger charge is -2.13. The largest absolute Gasteiger partial charge is 0.574 e. The van der Waals surface area contributed by atoms with Crippen LogP contribution in [0.3, 0.4) is 0 Å². The van der Waals surface area contributed by atoms with E-state index < -0.39 is 12.2 Å². The Labute approximate surface area is 103 Å². The number of aromatic nitrogens is 1. The van der Waals surface area contributed by atoms with E-state index in [0.717, 1.165) is 0 Å². The Kier molecular flexibility index (Phi) is 4.19. The van der Waals surface area contributed by atoms with Gasteiger partial charge in [-0.3, -0.25) is 0 Å². The van der Waals surface area contributed by atoms with Crippen LogP contribution in [0.25, 0.3) is 0 Å². The van der Waals surface area contributed by atoms with Gasteiger partial charge in [0.1, 0.15) is 0 Å². The highest BCUT2D eigenvalue weighted by molar-refractivity contribution is 14.1. The van der Waals surface area contributed by atoms with Gasteiger partial charge in [0.2, 0.25) is 11.8 Å². The third kappa shape index (κ3) is 3.37. The Hall–Kier alpha value is -0.770. The van der Waals surface area contributed by atoms with E-state index in [9.17, 15) is 13.2 Å². The van der Waals surface area contributed by atoms with Crippen LogP contribution >= 0.6 is 22.6 Å². The van der Waals surface area contributed by atoms with Crippen LogP contribution in [0.1, 0.15) is 5.56 Å². The Bertz CT molecular complexity index is 384. The average Bonchev–Trinajstić information content (AvgIpc) is 2.14. The molecule has 0 atom stereocenters. The number of pyridine rings is 1. The van der Waals surface area contributed by atoms with Gasteiger partial charge >= 0.3 is 6.36 Å². The monoisotopic (exact) mass is 348 g/mol. The fourth-order valence-electron chi connectivity index (χ4n) is 0.981. The molecule has 0 unspecified atom stereocenters. The fraction of sp³-hybridized carbons (Fsp3) is 0.375. The number of methoxy groups -OCH3 is 1. The SMILES string of the molecule is COc1cc(I)c(CN)c(OC(F)(F)F)n1. The lowest BCUT2D eigenvalue weighted by Crippen LogP contribution is -2.20. The predicted octanol–water partition coefficient (Wildman–Crippen LogP) is 2.05. The highest BCUT2D eigenvalue weighted by Crippen LogP contribution is 2.30. The minimum Gasteiger partial charge on any atom is -0.481 e. The van der Waals surface area contributed by atoms with Crippen molar-refractivity contribution < 1.29 is 22.6 Å². The first-order valence-corrected chi connectivity index (χ1v) is 5.14. The zero-order chi connectivity index (χ0) is 12.3. The molecule has 1 heterocycles. The summed E-state index contributed by atoms with van der Waals surface area (Å²) in [6.07, 6.45) is -4.80. The van der Waals surface area contributed by atoms with E-state index in [1.807, 2.05) is 22.6 Å². The van der Waals surface area contributed by atoms with Gasteiger partial charge in [-0.1, -0.05) is 0 Å². The molecule has 0 radical (unpaired) electrons. The fourth-order valence-corrected chi connectivity index (χ4v) is 1.70. The van der Waals surface area contributed by atoms with Crippen molar-refractivity contribution >= 4 is 22.6 Å². The van der Waals surface area contributed by atoms with Gasteiger partial charge in [0.05, 0.1) is 7.11 Å². The molecule has 1 aromatic heterocycles.